The molecule has 0 bridgehead atoms. The number of rotatable bonds is 6. The average molecular weight is 313 g/mol. The van der Waals surface area contributed by atoms with Crippen molar-refractivity contribution in [1.82, 2.24) is 5.32 Å². The average Bonchev–Trinajstić information content (AvgIpc) is 2.31. The van der Waals surface area contributed by atoms with Crippen molar-refractivity contribution in [2.24, 2.45) is 0 Å². The summed E-state index contributed by atoms with van der Waals surface area (Å²) in [6.07, 6.45) is 1.63. The SMILES string of the molecule is C=CCNCC(=O)Nc1c(Br)cccc1C(=O)O. The molecule has 0 atom stereocenters. The number of hydrogen-bond donors (Lipinski definition) is 3. The molecule has 0 saturated heterocycles. The Balaban J connectivity index is 2.80. The van der Waals surface area contributed by atoms with Gasteiger partial charge in [0.2, 0.25) is 5.91 Å². The quantitative estimate of drug-likeness (QED) is 0.553. The fourth-order valence-corrected chi connectivity index (χ4v) is 1.77. The Bertz CT molecular complexity index is 474. The Kier molecular flexibility index (Phi) is 5.54. The predicted octanol–water partition coefficient (Wildman–Crippen LogP) is 1.86. The molecule has 0 aliphatic rings. The van der Waals surface area contributed by atoms with Crippen molar-refractivity contribution in [2.45, 2.75) is 0 Å². The molecule has 0 unspecified atom stereocenters. The summed E-state index contributed by atoms with van der Waals surface area (Å²) < 4.78 is 0.527. The third-order valence-electron chi connectivity index (χ3n) is 2.08. The van der Waals surface area contributed by atoms with E-state index >= 15 is 0 Å². The van der Waals surface area contributed by atoms with E-state index in [0.717, 1.165) is 0 Å². The van der Waals surface area contributed by atoms with Crippen LogP contribution < -0.4 is 10.6 Å². The highest BCUT2D eigenvalue weighted by atomic mass is 79.9. The van der Waals surface area contributed by atoms with E-state index in [2.05, 4.69) is 33.1 Å². The fourth-order valence-electron chi connectivity index (χ4n) is 1.30. The van der Waals surface area contributed by atoms with Gasteiger partial charge in [-0.05, 0) is 28.1 Å². The van der Waals surface area contributed by atoms with E-state index in [4.69, 9.17) is 5.11 Å². The largest absolute Gasteiger partial charge is 0.478 e. The van der Waals surface area contributed by atoms with Gasteiger partial charge in [-0.3, -0.25) is 4.79 Å². The second-order valence-corrected chi connectivity index (χ2v) is 4.29. The monoisotopic (exact) mass is 312 g/mol. The Morgan fingerprint density at radius 3 is 2.78 bits per heavy atom. The number of halogens is 1. The van der Waals surface area contributed by atoms with Crippen LogP contribution in [0, 0.1) is 0 Å². The molecular formula is C12H13BrN2O3. The first-order chi connectivity index (χ1) is 8.56. The molecule has 96 valence electrons. The lowest BCUT2D eigenvalue weighted by atomic mass is 10.2. The molecule has 1 amide bonds. The van der Waals surface area contributed by atoms with Crippen LogP contribution in [0.3, 0.4) is 0 Å². The van der Waals surface area contributed by atoms with Crippen LogP contribution in [0.25, 0.3) is 0 Å². The number of nitrogens with one attached hydrogen (secondary N) is 2. The van der Waals surface area contributed by atoms with E-state index in [1.165, 1.54) is 6.07 Å². The summed E-state index contributed by atoms with van der Waals surface area (Å²) in [5.41, 5.74) is 0.303. The number of anilines is 1. The Morgan fingerprint density at radius 1 is 1.44 bits per heavy atom. The first-order valence-corrected chi connectivity index (χ1v) is 5.99. The predicted molar refractivity (Wildman–Crippen MR) is 72.8 cm³/mol. The molecule has 0 aromatic heterocycles. The van der Waals surface area contributed by atoms with Crippen LogP contribution in [0.2, 0.25) is 0 Å². The Labute approximate surface area is 113 Å². The maximum atomic E-state index is 11.6. The van der Waals surface area contributed by atoms with Gasteiger partial charge in [-0.2, -0.15) is 0 Å². The smallest absolute Gasteiger partial charge is 0.337 e. The van der Waals surface area contributed by atoms with Crippen LogP contribution in [0.4, 0.5) is 5.69 Å². The van der Waals surface area contributed by atoms with Crippen LogP contribution in [0.15, 0.2) is 35.3 Å². The van der Waals surface area contributed by atoms with Gasteiger partial charge >= 0.3 is 5.97 Å². The molecule has 0 aliphatic carbocycles. The molecule has 0 aliphatic heterocycles. The van der Waals surface area contributed by atoms with Crippen LogP contribution >= 0.6 is 15.9 Å². The molecule has 5 nitrogen and oxygen atoms in total. The summed E-state index contributed by atoms with van der Waals surface area (Å²) >= 11 is 3.21. The minimum atomic E-state index is -1.09. The van der Waals surface area contributed by atoms with Crippen molar-refractivity contribution in [3.63, 3.8) is 0 Å². The minimum Gasteiger partial charge on any atom is -0.478 e. The molecule has 0 saturated carbocycles. The number of aromatic carboxylic acids is 1. The molecule has 6 heteroatoms. The zero-order valence-corrected chi connectivity index (χ0v) is 11.2. The molecule has 0 radical (unpaired) electrons. The van der Waals surface area contributed by atoms with Crippen LogP contribution in [0.1, 0.15) is 10.4 Å². The molecule has 3 N–H and O–H groups in total. The third kappa shape index (κ3) is 3.97. The lowest BCUT2D eigenvalue weighted by Crippen LogP contribution is -2.28. The molecule has 1 aromatic carbocycles. The van der Waals surface area contributed by atoms with E-state index in [9.17, 15) is 9.59 Å². The molecule has 1 rings (SSSR count). The lowest BCUT2D eigenvalue weighted by Gasteiger charge is -2.10. The number of para-hydroxylation sites is 1. The van der Waals surface area contributed by atoms with Gasteiger partial charge in [0.1, 0.15) is 0 Å². The van der Waals surface area contributed by atoms with E-state index < -0.39 is 5.97 Å². The van der Waals surface area contributed by atoms with E-state index in [0.29, 0.717) is 11.0 Å². The van der Waals surface area contributed by atoms with Gasteiger partial charge in [0, 0.05) is 11.0 Å². The molecule has 18 heavy (non-hydrogen) atoms. The third-order valence-corrected chi connectivity index (χ3v) is 2.74. The van der Waals surface area contributed by atoms with Gasteiger partial charge in [0.05, 0.1) is 17.8 Å². The van der Waals surface area contributed by atoms with Crippen LogP contribution in [-0.2, 0) is 4.79 Å². The summed E-state index contributed by atoms with van der Waals surface area (Å²) in [5.74, 6) is -1.41. The van der Waals surface area contributed by atoms with Crippen LogP contribution in [0.5, 0.6) is 0 Å². The standard InChI is InChI=1S/C12H13BrN2O3/c1-2-6-14-7-10(16)15-11-8(12(17)18)4-3-5-9(11)13/h2-5,14H,1,6-7H2,(H,15,16)(H,17,18). The van der Waals surface area contributed by atoms with E-state index in [-0.39, 0.29) is 23.7 Å². The van der Waals surface area contributed by atoms with Crippen molar-refractivity contribution in [1.29, 1.82) is 0 Å². The normalized spacial score (nSPS) is 9.83. The Hall–Kier alpha value is -1.66. The van der Waals surface area contributed by atoms with Crippen molar-refractivity contribution >= 4 is 33.5 Å². The highest BCUT2D eigenvalue weighted by Gasteiger charge is 2.14. The topological polar surface area (TPSA) is 78.4 Å². The Morgan fingerprint density at radius 2 is 2.17 bits per heavy atom. The maximum absolute atomic E-state index is 11.6. The van der Waals surface area contributed by atoms with Crippen LogP contribution in [-0.4, -0.2) is 30.1 Å². The van der Waals surface area contributed by atoms with Gasteiger partial charge < -0.3 is 15.7 Å². The summed E-state index contributed by atoms with van der Waals surface area (Å²) in [4.78, 5) is 22.6. The molecule has 1 aromatic rings. The van der Waals surface area contributed by atoms with Gasteiger partial charge in [0.25, 0.3) is 0 Å². The van der Waals surface area contributed by atoms with Gasteiger partial charge in [-0.1, -0.05) is 12.1 Å². The summed E-state index contributed by atoms with van der Waals surface area (Å²) in [5, 5.41) is 14.4. The summed E-state index contributed by atoms with van der Waals surface area (Å²) in [6, 6.07) is 4.69. The molecule has 0 spiro atoms. The zero-order chi connectivity index (χ0) is 13.5. The van der Waals surface area contributed by atoms with Gasteiger partial charge in [-0.15, -0.1) is 6.58 Å². The fraction of sp³-hybridized carbons (Fsp3) is 0.167. The van der Waals surface area contributed by atoms with Crippen molar-refractivity contribution < 1.29 is 14.7 Å². The zero-order valence-electron chi connectivity index (χ0n) is 9.57. The second kappa shape index (κ2) is 6.93. The first-order valence-electron chi connectivity index (χ1n) is 5.19. The number of carbonyl (C=O) groups is 2. The van der Waals surface area contributed by atoms with Crippen molar-refractivity contribution in [2.75, 3.05) is 18.4 Å². The summed E-state index contributed by atoms with van der Waals surface area (Å²) in [7, 11) is 0. The van der Waals surface area contributed by atoms with Gasteiger partial charge in [0.15, 0.2) is 0 Å². The number of carbonyl (C=O) groups excluding carboxylic acids is 1. The molecule has 0 fully saturated rings. The number of amides is 1. The highest BCUT2D eigenvalue weighted by molar-refractivity contribution is 9.10. The first kappa shape index (κ1) is 14.4. The molecular weight excluding hydrogens is 300 g/mol. The maximum Gasteiger partial charge on any atom is 0.337 e. The number of hydrogen-bond acceptors (Lipinski definition) is 3. The lowest BCUT2D eigenvalue weighted by molar-refractivity contribution is -0.115. The number of carboxylic acid groups (broad SMARTS) is 1. The number of carboxylic acids is 1. The second-order valence-electron chi connectivity index (χ2n) is 3.44. The minimum absolute atomic E-state index is 0.0430. The van der Waals surface area contributed by atoms with Gasteiger partial charge in [-0.25, -0.2) is 4.79 Å². The van der Waals surface area contributed by atoms with Crippen molar-refractivity contribution in [3.8, 4) is 0 Å². The van der Waals surface area contributed by atoms with E-state index in [1.54, 1.807) is 18.2 Å². The molecule has 0 heterocycles. The highest BCUT2D eigenvalue weighted by Crippen LogP contribution is 2.26. The van der Waals surface area contributed by atoms with E-state index in [1.807, 2.05) is 0 Å². The summed E-state index contributed by atoms with van der Waals surface area (Å²) in [6.45, 7) is 4.11. The van der Waals surface area contributed by atoms with Crippen molar-refractivity contribution in [3.05, 3.63) is 40.9 Å². The number of benzene rings is 1.